The van der Waals surface area contributed by atoms with Gasteiger partial charge < -0.3 is 10.4 Å². The van der Waals surface area contributed by atoms with Gasteiger partial charge in [0.1, 0.15) is 11.3 Å². The zero-order valence-electron chi connectivity index (χ0n) is 15.1. The normalized spacial score (nSPS) is 22.4. The van der Waals surface area contributed by atoms with E-state index in [1.807, 2.05) is 48.8 Å². The Morgan fingerprint density at radius 1 is 1.04 bits per heavy atom. The predicted molar refractivity (Wildman–Crippen MR) is 103 cm³/mol. The van der Waals surface area contributed by atoms with Crippen molar-refractivity contribution < 1.29 is 5.11 Å². The zero-order chi connectivity index (χ0) is 18.1. The van der Waals surface area contributed by atoms with Gasteiger partial charge in [-0.2, -0.15) is 0 Å². The minimum absolute atomic E-state index is 0.0311. The molecule has 0 saturated carbocycles. The Morgan fingerprint density at radius 3 is 2.50 bits per heavy atom. The summed E-state index contributed by atoms with van der Waals surface area (Å²) >= 11 is 0. The molecule has 1 aromatic carbocycles. The fourth-order valence-electron chi connectivity index (χ4n) is 4.08. The van der Waals surface area contributed by atoms with Gasteiger partial charge in [0.05, 0.1) is 6.04 Å². The first-order chi connectivity index (χ1) is 12.6. The van der Waals surface area contributed by atoms with E-state index in [0.717, 1.165) is 29.6 Å². The summed E-state index contributed by atoms with van der Waals surface area (Å²) in [6, 6.07) is 12.8. The second-order valence-electron chi connectivity index (χ2n) is 7.18. The molecule has 0 bridgehead atoms. The second kappa shape index (κ2) is 7.02. The maximum atomic E-state index is 11.0. The van der Waals surface area contributed by atoms with E-state index in [1.165, 1.54) is 0 Å². The number of piperazine rings is 1. The van der Waals surface area contributed by atoms with Gasteiger partial charge in [-0.15, -0.1) is 0 Å². The third kappa shape index (κ3) is 3.16. The molecule has 1 aliphatic heterocycles. The Morgan fingerprint density at radius 2 is 1.77 bits per heavy atom. The fourth-order valence-corrected chi connectivity index (χ4v) is 4.08. The van der Waals surface area contributed by atoms with Crippen molar-refractivity contribution in [1.82, 2.24) is 20.2 Å². The van der Waals surface area contributed by atoms with E-state index in [-0.39, 0.29) is 11.8 Å². The summed E-state index contributed by atoms with van der Waals surface area (Å²) in [5.74, 6) is 0.267. The Hall–Kier alpha value is -2.50. The summed E-state index contributed by atoms with van der Waals surface area (Å²) in [6.07, 6.45) is 5.35. The molecule has 3 unspecified atom stereocenters. The Bertz CT molecular complexity index is 889. The topological polar surface area (TPSA) is 61.3 Å². The number of phenols is 1. The van der Waals surface area contributed by atoms with E-state index in [1.54, 1.807) is 6.20 Å². The van der Waals surface area contributed by atoms with Crippen molar-refractivity contribution in [2.75, 3.05) is 13.1 Å². The van der Waals surface area contributed by atoms with Gasteiger partial charge in [-0.3, -0.25) is 14.9 Å². The predicted octanol–water partition coefficient (Wildman–Crippen LogP) is 3.11. The monoisotopic (exact) mass is 348 g/mol. The molecule has 0 radical (unpaired) electrons. The van der Waals surface area contributed by atoms with Gasteiger partial charge in [-0.25, -0.2) is 0 Å². The molecule has 26 heavy (non-hydrogen) atoms. The molecule has 5 nitrogen and oxygen atoms in total. The van der Waals surface area contributed by atoms with Gasteiger partial charge in [-0.1, -0.05) is 18.2 Å². The number of benzene rings is 1. The van der Waals surface area contributed by atoms with Crippen molar-refractivity contribution in [2.24, 2.45) is 0 Å². The smallest absolute Gasteiger partial charge is 0.146 e. The van der Waals surface area contributed by atoms with Crippen LogP contribution in [-0.4, -0.2) is 45.1 Å². The van der Waals surface area contributed by atoms with Crippen LogP contribution in [0.3, 0.4) is 0 Å². The first kappa shape index (κ1) is 16.9. The highest BCUT2D eigenvalue weighted by atomic mass is 16.3. The van der Waals surface area contributed by atoms with Gasteiger partial charge in [0.25, 0.3) is 0 Å². The molecular formula is C21H24N4O. The van der Waals surface area contributed by atoms with Crippen molar-refractivity contribution >= 4 is 10.9 Å². The molecule has 3 heterocycles. The van der Waals surface area contributed by atoms with Crippen LogP contribution in [-0.2, 0) is 0 Å². The standard InChI is InChI=1S/C21H24N4O/c1-14-12-25(13-15(2)24-14)20(17-7-10-22-11-8-17)18-6-5-16-4-3-9-23-19(16)21(18)26/h3-11,14-15,20,24,26H,12-13H2,1-2H3. The Balaban J connectivity index is 1.85. The Labute approximate surface area is 153 Å². The molecule has 1 fully saturated rings. The van der Waals surface area contributed by atoms with Gasteiger partial charge in [0.15, 0.2) is 0 Å². The summed E-state index contributed by atoms with van der Waals surface area (Å²) in [5, 5.41) is 15.6. The first-order valence-electron chi connectivity index (χ1n) is 9.10. The first-order valence-corrected chi connectivity index (χ1v) is 9.10. The van der Waals surface area contributed by atoms with E-state index in [4.69, 9.17) is 0 Å². The molecule has 5 heteroatoms. The number of pyridine rings is 2. The molecule has 4 rings (SSSR count). The molecule has 2 N–H and O–H groups in total. The van der Waals surface area contributed by atoms with Gasteiger partial charge in [0, 0.05) is 54.7 Å². The van der Waals surface area contributed by atoms with E-state index in [9.17, 15) is 5.11 Å². The number of fused-ring (bicyclic) bond motifs is 1. The van der Waals surface area contributed by atoms with Crippen LogP contribution in [0.4, 0.5) is 0 Å². The van der Waals surface area contributed by atoms with Gasteiger partial charge in [0.2, 0.25) is 0 Å². The molecule has 2 aromatic heterocycles. The number of nitrogens with zero attached hydrogens (tertiary/aromatic N) is 3. The van der Waals surface area contributed by atoms with Crippen molar-refractivity contribution in [1.29, 1.82) is 0 Å². The number of hydrogen-bond acceptors (Lipinski definition) is 5. The largest absolute Gasteiger partial charge is 0.505 e. The number of aromatic hydroxyl groups is 1. The molecule has 0 amide bonds. The lowest BCUT2D eigenvalue weighted by atomic mass is 9.94. The number of phenolic OH excluding ortho intramolecular Hbond substituents is 1. The molecule has 0 aliphatic carbocycles. The molecule has 3 atom stereocenters. The van der Waals surface area contributed by atoms with Crippen LogP contribution in [0.1, 0.15) is 31.0 Å². The van der Waals surface area contributed by atoms with Crippen LogP contribution in [0.5, 0.6) is 5.75 Å². The fraction of sp³-hybridized carbons (Fsp3) is 0.333. The molecule has 1 saturated heterocycles. The molecular weight excluding hydrogens is 324 g/mol. The molecule has 1 aliphatic rings. The van der Waals surface area contributed by atoms with Crippen molar-refractivity contribution in [3.05, 3.63) is 66.1 Å². The van der Waals surface area contributed by atoms with Crippen molar-refractivity contribution in [3.8, 4) is 5.75 Å². The van der Waals surface area contributed by atoms with E-state index in [0.29, 0.717) is 17.6 Å². The minimum Gasteiger partial charge on any atom is -0.505 e. The van der Waals surface area contributed by atoms with Crippen LogP contribution in [0.25, 0.3) is 10.9 Å². The summed E-state index contributed by atoms with van der Waals surface area (Å²) < 4.78 is 0. The van der Waals surface area contributed by atoms with Crippen molar-refractivity contribution in [2.45, 2.75) is 32.0 Å². The lowest BCUT2D eigenvalue weighted by Gasteiger charge is -2.41. The van der Waals surface area contributed by atoms with Crippen LogP contribution in [0.15, 0.2) is 55.0 Å². The van der Waals surface area contributed by atoms with Crippen LogP contribution < -0.4 is 5.32 Å². The average Bonchev–Trinajstić information content (AvgIpc) is 2.64. The number of nitrogens with one attached hydrogen (secondary N) is 1. The van der Waals surface area contributed by atoms with E-state index < -0.39 is 0 Å². The maximum Gasteiger partial charge on any atom is 0.146 e. The summed E-state index contributed by atoms with van der Waals surface area (Å²) in [7, 11) is 0. The lowest BCUT2D eigenvalue weighted by Crippen LogP contribution is -2.55. The second-order valence-corrected chi connectivity index (χ2v) is 7.18. The maximum absolute atomic E-state index is 11.0. The van der Waals surface area contributed by atoms with E-state index in [2.05, 4.69) is 34.0 Å². The highest BCUT2D eigenvalue weighted by Crippen LogP contribution is 2.38. The summed E-state index contributed by atoms with van der Waals surface area (Å²) in [4.78, 5) is 11.0. The SMILES string of the molecule is CC1CN(C(c2ccncc2)c2ccc3cccnc3c2O)CC(C)N1. The quantitative estimate of drug-likeness (QED) is 0.762. The molecule has 0 spiro atoms. The van der Waals surface area contributed by atoms with Crippen LogP contribution >= 0.6 is 0 Å². The van der Waals surface area contributed by atoms with Crippen molar-refractivity contribution in [3.63, 3.8) is 0 Å². The van der Waals surface area contributed by atoms with Crippen LogP contribution in [0, 0.1) is 0 Å². The summed E-state index contributed by atoms with van der Waals surface area (Å²) in [6.45, 7) is 6.23. The number of rotatable bonds is 3. The lowest BCUT2D eigenvalue weighted by molar-refractivity contribution is 0.139. The van der Waals surface area contributed by atoms with Gasteiger partial charge >= 0.3 is 0 Å². The minimum atomic E-state index is -0.0311. The number of hydrogen-bond donors (Lipinski definition) is 2. The average molecular weight is 348 g/mol. The molecule has 134 valence electrons. The number of aromatic nitrogens is 2. The summed E-state index contributed by atoms with van der Waals surface area (Å²) in [5.41, 5.74) is 2.68. The highest BCUT2D eigenvalue weighted by Gasteiger charge is 2.31. The Kier molecular flexibility index (Phi) is 4.57. The zero-order valence-corrected chi connectivity index (χ0v) is 15.1. The molecule has 3 aromatic rings. The highest BCUT2D eigenvalue weighted by molar-refractivity contribution is 5.85. The van der Waals surface area contributed by atoms with Crippen LogP contribution in [0.2, 0.25) is 0 Å². The third-order valence-electron chi connectivity index (χ3n) is 5.05. The van der Waals surface area contributed by atoms with Gasteiger partial charge in [-0.05, 0) is 37.6 Å². The third-order valence-corrected chi connectivity index (χ3v) is 5.05. The van der Waals surface area contributed by atoms with E-state index >= 15 is 0 Å².